The minimum atomic E-state index is -0.277. The molecule has 4 aromatic rings. The van der Waals surface area contributed by atoms with Crippen LogP contribution in [0.15, 0.2) is 65.2 Å². The summed E-state index contributed by atoms with van der Waals surface area (Å²) >= 11 is 0. The van der Waals surface area contributed by atoms with Gasteiger partial charge in [0.15, 0.2) is 0 Å². The molecule has 24 heavy (non-hydrogen) atoms. The molecule has 0 aliphatic heterocycles. The van der Waals surface area contributed by atoms with Crippen molar-refractivity contribution in [2.45, 2.75) is 13.0 Å². The lowest BCUT2D eigenvalue weighted by Gasteiger charge is -2.11. The zero-order valence-electron chi connectivity index (χ0n) is 13.1. The average molecular weight is 317 g/mol. The lowest BCUT2D eigenvalue weighted by atomic mass is 10.2. The molecule has 2 heterocycles. The molecule has 0 bridgehead atoms. The fourth-order valence-corrected chi connectivity index (χ4v) is 2.62. The highest BCUT2D eigenvalue weighted by molar-refractivity contribution is 5.94. The van der Waals surface area contributed by atoms with E-state index in [9.17, 15) is 4.79 Å². The highest BCUT2D eigenvalue weighted by atomic mass is 16.3. The van der Waals surface area contributed by atoms with Gasteiger partial charge in [0, 0.05) is 5.39 Å². The first-order valence-corrected chi connectivity index (χ1v) is 7.72. The summed E-state index contributed by atoms with van der Waals surface area (Å²) in [4.78, 5) is 21.1. The van der Waals surface area contributed by atoms with Crippen LogP contribution in [0.4, 0.5) is 0 Å². The van der Waals surface area contributed by atoms with Gasteiger partial charge in [-0.05, 0) is 31.2 Å². The molecule has 118 valence electrons. The highest BCUT2D eigenvalue weighted by Gasteiger charge is 2.16. The van der Waals surface area contributed by atoms with E-state index in [-0.39, 0.29) is 17.6 Å². The maximum Gasteiger partial charge on any atom is 0.272 e. The number of nitrogens with one attached hydrogen (secondary N) is 1. The van der Waals surface area contributed by atoms with Crippen LogP contribution in [0.2, 0.25) is 0 Å². The summed E-state index contributed by atoms with van der Waals surface area (Å²) in [6, 6.07) is 16.9. The van der Waals surface area contributed by atoms with Gasteiger partial charge in [-0.2, -0.15) is 0 Å². The molecule has 2 aromatic heterocycles. The van der Waals surface area contributed by atoms with E-state index in [0.29, 0.717) is 11.3 Å². The Morgan fingerprint density at radius 2 is 1.83 bits per heavy atom. The maximum absolute atomic E-state index is 12.4. The van der Waals surface area contributed by atoms with Crippen LogP contribution in [0.3, 0.4) is 0 Å². The van der Waals surface area contributed by atoms with E-state index in [1.807, 2.05) is 61.5 Å². The summed E-state index contributed by atoms with van der Waals surface area (Å²) in [6.45, 7) is 1.88. The summed E-state index contributed by atoms with van der Waals surface area (Å²) in [7, 11) is 0. The average Bonchev–Trinajstić information content (AvgIpc) is 3.05. The standard InChI is InChI=1S/C19H15N3O2/c1-12(18-10-13-6-2-5-9-17(13)24-18)21-19(23)16-11-20-14-7-3-4-8-15(14)22-16/h2-12H,1H3,(H,21,23). The van der Waals surface area contributed by atoms with Crippen LogP contribution in [0, 0.1) is 0 Å². The zero-order valence-corrected chi connectivity index (χ0v) is 13.1. The highest BCUT2D eigenvalue weighted by Crippen LogP contribution is 2.23. The van der Waals surface area contributed by atoms with Gasteiger partial charge >= 0.3 is 0 Å². The summed E-state index contributed by atoms with van der Waals surface area (Å²) in [5.41, 5.74) is 2.55. The van der Waals surface area contributed by atoms with E-state index < -0.39 is 0 Å². The van der Waals surface area contributed by atoms with Crippen molar-refractivity contribution in [3.63, 3.8) is 0 Å². The monoisotopic (exact) mass is 317 g/mol. The fourth-order valence-electron chi connectivity index (χ4n) is 2.62. The molecule has 5 heteroatoms. The molecule has 0 radical (unpaired) electrons. The quantitative estimate of drug-likeness (QED) is 0.623. The van der Waals surface area contributed by atoms with Crippen molar-refractivity contribution in [2.24, 2.45) is 0 Å². The SMILES string of the molecule is CC(NC(=O)c1cnc2ccccc2n1)c1cc2ccccc2o1. The number of para-hydroxylation sites is 3. The first-order valence-electron chi connectivity index (χ1n) is 7.72. The van der Waals surface area contributed by atoms with E-state index in [2.05, 4.69) is 15.3 Å². The van der Waals surface area contributed by atoms with Crippen molar-refractivity contribution in [1.82, 2.24) is 15.3 Å². The minimum absolute atomic E-state index is 0.266. The summed E-state index contributed by atoms with van der Waals surface area (Å²) < 4.78 is 5.79. The Balaban J connectivity index is 1.57. The Morgan fingerprint density at radius 3 is 2.67 bits per heavy atom. The number of hydrogen-bond donors (Lipinski definition) is 1. The molecule has 0 saturated carbocycles. The molecule has 5 nitrogen and oxygen atoms in total. The molecule has 1 unspecified atom stereocenters. The number of hydrogen-bond acceptors (Lipinski definition) is 4. The summed E-state index contributed by atoms with van der Waals surface area (Å²) in [5, 5.41) is 3.92. The van der Waals surface area contributed by atoms with Crippen LogP contribution in [0.1, 0.15) is 29.2 Å². The molecule has 2 aromatic carbocycles. The Kier molecular flexibility index (Phi) is 3.46. The number of fused-ring (bicyclic) bond motifs is 2. The smallest absolute Gasteiger partial charge is 0.272 e. The fraction of sp³-hybridized carbons (Fsp3) is 0.105. The van der Waals surface area contributed by atoms with E-state index in [0.717, 1.165) is 16.5 Å². The molecule has 0 aliphatic carbocycles. The molecule has 1 N–H and O–H groups in total. The first kappa shape index (κ1) is 14.4. The third-order valence-corrected chi connectivity index (χ3v) is 3.90. The van der Waals surface area contributed by atoms with Gasteiger partial charge in [-0.15, -0.1) is 0 Å². The molecule has 1 amide bonds. The van der Waals surface area contributed by atoms with Crippen molar-refractivity contribution >= 4 is 27.9 Å². The van der Waals surface area contributed by atoms with E-state index >= 15 is 0 Å². The molecule has 0 spiro atoms. The third kappa shape index (κ3) is 2.60. The topological polar surface area (TPSA) is 68.0 Å². The minimum Gasteiger partial charge on any atom is -0.459 e. The lowest BCUT2D eigenvalue weighted by Crippen LogP contribution is -2.27. The molecule has 1 atom stereocenters. The van der Waals surface area contributed by atoms with Crippen molar-refractivity contribution in [1.29, 1.82) is 0 Å². The van der Waals surface area contributed by atoms with Gasteiger partial charge in [-0.3, -0.25) is 9.78 Å². The van der Waals surface area contributed by atoms with E-state index in [1.54, 1.807) is 0 Å². The number of furan rings is 1. The van der Waals surface area contributed by atoms with Crippen molar-refractivity contribution in [3.05, 3.63) is 72.2 Å². The van der Waals surface area contributed by atoms with Crippen LogP contribution >= 0.6 is 0 Å². The Morgan fingerprint density at radius 1 is 1.08 bits per heavy atom. The van der Waals surface area contributed by atoms with Crippen molar-refractivity contribution in [3.8, 4) is 0 Å². The second-order valence-corrected chi connectivity index (χ2v) is 5.63. The Bertz CT molecular complexity index is 1010. The van der Waals surface area contributed by atoms with Gasteiger partial charge < -0.3 is 9.73 Å². The van der Waals surface area contributed by atoms with Gasteiger partial charge in [0.25, 0.3) is 5.91 Å². The summed E-state index contributed by atoms with van der Waals surface area (Å²) in [5.74, 6) is 0.430. The summed E-state index contributed by atoms with van der Waals surface area (Å²) in [6.07, 6.45) is 1.49. The largest absolute Gasteiger partial charge is 0.459 e. The van der Waals surface area contributed by atoms with Crippen LogP contribution in [0.5, 0.6) is 0 Å². The van der Waals surface area contributed by atoms with Gasteiger partial charge in [-0.1, -0.05) is 30.3 Å². The number of amides is 1. The van der Waals surface area contributed by atoms with Crippen LogP contribution in [0.25, 0.3) is 22.0 Å². The van der Waals surface area contributed by atoms with Crippen molar-refractivity contribution in [2.75, 3.05) is 0 Å². The molecule has 0 saturated heterocycles. The Labute approximate surface area is 138 Å². The molecule has 4 rings (SSSR count). The number of carbonyl (C=O) groups excluding carboxylic acids is 1. The second-order valence-electron chi connectivity index (χ2n) is 5.63. The van der Waals surface area contributed by atoms with Crippen LogP contribution < -0.4 is 5.32 Å². The number of rotatable bonds is 3. The molecular formula is C19H15N3O2. The van der Waals surface area contributed by atoms with Gasteiger partial charge in [0.05, 0.1) is 23.3 Å². The molecule has 0 aliphatic rings. The first-order chi connectivity index (χ1) is 11.7. The van der Waals surface area contributed by atoms with Crippen LogP contribution in [-0.2, 0) is 0 Å². The Hall–Kier alpha value is -3.21. The van der Waals surface area contributed by atoms with Gasteiger partial charge in [0.2, 0.25) is 0 Å². The number of carbonyl (C=O) groups is 1. The maximum atomic E-state index is 12.4. The number of aromatic nitrogens is 2. The normalized spacial score (nSPS) is 12.4. The van der Waals surface area contributed by atoms with E-state index in [1.165, 1.54) is 6.20 Å². The van der Waals surface area contributed by atoms with Crippen LogP contribution in [-0.4, -0.2) is 15.9 Å². The number of nitrogens with zero attached hydrogens (tertiary/aromatic N) is 2. The van der Waals surface area contributed by atoms with Gasteiger partial charge in [0.1, 0.15) is 17.0 Å². The third-order valence-electron chi connectivity index (χ3n) is 3.90. The second kappa shape index (κ2) is 5.77. The van der Waals surface area contributed by atoms with Gasteiger partial charge in [-0.25, -0.2) is 4.98 Å². The molecular weight excluding hydrogens is 302 g/mol. The van der Waals surface area contributed by atoms with E-state index in [4.69, 9.17) is 4.42 Å². The van der Waals surface area contributed by atoms with Crippen molar-refractivity contribution < 1.29 is 9.21 Å². The zero-order chi connectivity index (χ0) is 16.5. The predicted molar refractivity (Wildman–Crippen MR) is 91.6 cm³/mol. The molecule has 0 fully saturated rings. The predicted octanol–water partition coefficient (Wildman–Crippen LogP) is 3.87. The number of benzene rings is 2. The lowest BCUT2D eigenvalue weighted by molar-refractivity contribution is 0.0930.